The van der Waals surface area contributed by atoms with E-state index in [1.54, 1.807) is 24.7 Å². The minimum atomic E-state index is -0.396. The van der Waals surface area contributed by atoms with Crippen molar-refractivity contribution < 1.29 is 9.13 Å². The summed E-state index contributed by atoms with van der Waals surface area (Å²) < 4.78 is 21.0. The second-order valence-corrected chi connectivity index (χ2v) is 4.26. The number of hydrogen-bond donors (Lipinski definition) is 1. The highest BCUT2D eigenvalue weighted by molar-refractivity contribution is 5.30. The second kappa shape index (κ2) is 5.18. The van der Waals surface area contributed by atoms with Crippen molar-refractivity contribution in [2.45, 2.75) is 19.6 Å². The molecule has 2 N–H and O–H groups in total. The van der Waals surface area contributed by atoms with Crippen LogP contribution in [-0.4, -0.2) is 9.55 Å². The van der Waals surface area contributed by atoms with Gasteiger partial charge >= 0.3 is 0 Å². The van der Waals surface area contributed by atoms with E-state index in [-0.39, 0.29) is 18.4 Å². The first-order valence-corrected chi connectivity index (χ1v) is 5.71. The number of hydrogen-bond acceptors (Lipinski definition) is 3. The molecule has 0 spiro atoms. The molecule has 0 saturated heterocycles. The predicted octanol–water partition coefficient (Wildman–Crippen LogP) is 2.16. The van der Waals surface area contributed by atoms with Gasteiger partial charge in [-0.3, -0.25) is 0 Å². The van der Waals surface area contributed by atoms with E-state index in [1.807, 2.05) is 18.5 Å². The van der Waals surface area contributed by atoms with E-state index in [4.69, 9.17) is 10.5 Å². The molecule has 0 fully saturated rings. The van der Waals surface area contributed by atoms with Crippen molar-refractivity contribution in [2.75, 3.05) is 0 Å². The van der Waals surface area contributed by atoms with E-state index >= 15 is 0 Å². The van der Waals surface area contributed by atoms with Gasteiger partial charge < -0.3 is 15.0 Å². The number of imidazole rings is 1. The van der Waals surface area contributed by atoms with Crippen LogP contribution >= 0.6 is 0 Å². The molecule has 1 heterocycles. The summed E-state index contributed by atoms with van der Waals surface area (Å²) in [4.78, 5) is 3.97. The molecule has 0 bridgehead atoms. The van der Waals surface area contributed by atoms with Crippen LogP contribution in [0.2, 0.25) is 0 Å². The molecule has 4 nitrogen and oxygen atoms in total. The highest BCUT2D eigenvalue weighted by Crippen LogP contribution is 2.21. The Morgan fingerprint density at radius 1 is 1.50 bits per heavy atom. The Morgan fingerprint density at radius 3 is 2.83 bits per heavy atom. The Kier molecular flexibility index (Phi) is 3.62. The van der Waals surface area contributed by atoms with Gasteiger partial charge in [0.05, 0.1) is 18.2 Å². The smallest absolute Gasteiger partial charge is 0.165 e. The minimum Gasteiger partial charge on any atom is -0.484 e. The highest BCUT2D eigenvalue weighted by atomic mass is 19.1. The summed E-state index contributed by atoms with van der Waals surface area (Å²) >= 11 is 0. The molecule has 1 unspecified atom stereocenters. The Morgan fingerprint density at radius 2 is 2.28 bits per heavy atom. The number of nitrogens with two attached hydrogens (primary N) is 1. The fraction of sp³-hybridized carbons (Fsp3) is 0.308. The molecule has 0 amide bonds. The number of rotatable bonds is 4. The standard InChI is InChI=1S/C13H16FN3O/c1-9(15)10-3-4-13(12(14)5-10)18-7-11-6-16-8-17(11)2/h3-6,8-9H,7,15H2,1-2H3. The third kappa shape index (κ3) is 2.68. The summed E-state index contributed by atoms with van der Waals surface area (Å²) in [5.41, 5.74) is 7.32. The van der Waals surface area contributed by atoms with Gasteiger partial charge in [0.25, 0.3) is 0 Å². The summed E-state index contributed by atoms with van der Waals surface area (Å²) in [7, 11) is 1.86. The summed E-state index contributed by atoms with van der Waals surface area (Å²) in [6.07, 6.45) is 3.36. The molecule has 0 aliphatic rings. The van der Waals surface area contributed by atoms with E-state index in [2.05, 4.69) is 4.98 Å². The van der Waals surface area contributed by atoms with Gasteiger partial charge in [0, 0.05) is 13.1 Å². The topological polar surface area (TPSA) is 53.1 Å². The van der Waals surface area contributed by atoms with Crippen molar-refractivity contribution in [2.24, 2.45) is 12.8 Å². The third-order valence-electron chi connectivity index (χ3n) is 2.77. The summed E-state index contributed by atoms with van der Waals surface area (Å²) in [6, 6.07) is 4.59. The van der Waals surface area contributed by atoms with Crippen molar-refractivity contribution in [3.8, 4) is 5.75 Å². The molecule has 2 rings (SSSR count). The molecular formula is C13H16FN3O. The molecule has 0 aliphatic carbocycles. The normalized spacial score (nSPS) is 12.4. The fourth-order valence-electron chi connectivity index (χ4n) is 1.59. The van der Waals surface area contributed by atoms with Crippen LogP contribution in [0.15, 0.2) is 30.7 Å². The molecule has 2 aromatic rings. The molecule has 0 radical (unpaired) electrons. The first-order chi connectivity index (χ1) is 8.58. The maximum atomic E-state index is 13.7. The number of benzene rings is 1. The van der Waals surface area contributed by atoms with Gasteiger partial charge in [0.2, 0.25) is 0 Å². The van der Waals surface area contributed by atoms with Crippen LogP contribution in [0.1, 0.15) is 24.2 Å². The zero-order valence-electron chi connectivity index (χ0n) is 10.4. The quantitative estimate of drug-likeness (QED) is 0.903. The van der Waals surface area contributed by atoms with Crippen LogP contribution in [0, 0.1) is 5.82 Å². The van der Waals surface area contributed by atoms with Crippen molar-refractivity contribution >= 4 is 0 Å². The van der Waals surface area contributed by atoms with Gasteiger partial charge in [-0.15, -0.1) is 0 Å². The molecule has 0 aliphatic heterocycles. The summed E-state index contributed by atoms with van der Waals surface area (Å²) in [5, 5.41) is 0. The first kappa shape index (κ1) is 12.6. The van der Waals surface area contributed by atoms with Crippen LogP contribution in [0.4, 0.5) is 4.39 Å². The van der Waals surface area contributed by atoms with E-state index in [9.17, 15) is 4.39 Å². The van der Waals surface area contributed by atoms with Gasteiger partial charge in [-0.2, -0.15) is 0 Å². The van der Waals surface area contributed by atoms with Crippen molar-refractivity contribution in [3.05, 3.63) is 47.8 Å². The number of aryl methyl sites for hydroxylation is 1. The van der Waals surface area contributed by atoms with Crippen LogP contribution in [-0.2, 0) is 13.7 Å². The largest absolute Gasteiger partial charge is 0.484 e. The number of ether oxygens (including phenoxy) is 1. The number of nitrogens with zero attached hydrogens (tertiary/aromatic N) is 2. The van der Waals surface area contributed by atoms with Crippen molar-refractivity contribution in [1.82, 2.24) is 9.55 Å². The molecule has 0 saturated carbocycles. The average Bonchev–Trinajstić information content (AvgIpc) is 2.73. The second-order valence-electron chi connectivity index (χ2n) is 4.26. The fourth-order valence-corrected chi connectivity index (χ4v) is 1.59. The van der Waals surface area contributed by atoms with Gasteiger partial charge in [-0.25, -0.2) is 9.37 Å². The zero-order valence-corrected chi connectivity index (χ0v) is 10.4. The Labute approximate surface area is 105 Å². The van der Waals surface area contributed by atoms with Crippen molar-refractivity contribution in [1.29, 1.82) is 0 Å². The van der Waals surface area contributed by atoms with E-state index < -0.39 is 5.82 Å². The van der Waals surface area contributed by atoms with Crippen LogP contribution in [0.3, 0.4) is 0 Å². The van der Waals surface area contributed by atoms with E-state index in [1.165, 1.54) is 6.07 Å². The van der Waals surface area contributed by atoms with Gasteiger partial charge in [0.15, 0.2) is 11.6 Å². The predicted molar refractivity (Wildman–Crippen MR) is 66.5 cm³/mol. The molecular weight excluding hydrogens is 233 g/mol. The number of aromatic nitrogens is 2. The van der Waals surface area contributed by atoms with Gasteiger partial charge in [-0.1, -0.05) is 6.07 Å². The maximum absolute atomic E-state index is 13.7. The molecule has 1 aromatic heterocycles. The lowest BCUT2D eigenvalue weighted by molar-refractivity contribution is 0.282. The molecule has 18 heavy (non-hydrogen) atoms. The molecule has 96 valence electrons. The Hall–Kier alpha value is -1.88. The van der Waals surface area contributed by atoms with Crippen LogP contribution < -0.4 is 10.5 Å². The molecule has 5 heteroatoms. The maximum Gasteiger partial charge on any atom is 0.165 e. The third-order valence-corrected chi connectivity index (χ3v) is 2.77. The van der Waals surface area contributed by atoms with Crippen LogP contribution in [0.5, 0.6) is 5.75 Å². The van der Waals surface area contributed by atoms with Crippen LogP contribution in [0.25, 0.3) is 0 Å². The first-order valence-electron chi connectivity index (χ1n) is 5.71. The number of halogens is 1. The lowest BCUT2D eigenvalue weighted by Crippen LogP contribution is -2.06. The average molecular weight is 249 g/mol. The van der Waals surface area contributed by atoms with E-state index in [0.29, 0.717) is 0 Å². The lowest BCUT2D eigenvalue weighted by atomic mass is 10.1. The van der Waals surface area contributed by atoms with Gasteiger partial charge in [-0.05, 0) is 24.6 Å². The molecule has 1 atom stereocenters. The Bertz CT molecular complexity index is 537. The molecule has 1 aromatic carbocycles. The SMILES string of the molecule is CC(N)c1ccc(OCc2cncn2C)c(F)c1. The summed E-state index contributed by atoms with van der Waals surface area (Å²) in [6.45, 7) is 2.09. The monoisotopic (exact) mass is 249 g/mol. The lowest BCUT2D eigenvalue weighted by Gasteiger charge is -2.10. The summed E-state index contributed by atoms with van der Waals surface area (Å²) in [5.74, 6) is -0.174. The van der Waals surface area contributed by atoms with E-state index in [0.717, 1.165) is 11.3 Å². The Balaban J connectivity index is 2.08. The van der Waals surface area contributed by atoms with Crippen molar-refractivity contribution in [3.63, 3.8) is 0 Å². The van der Waals surface area contributed by atoms with Gasteiger partial charge in [0.1, 0.15) is 6.61 Å². The zero-order chi connectivity index (χ0) is 13.1. The minimum absolute atomic E-state index is 0.189. The highest BCUT2D eigenvalue weighted by Gasteiger charge is 2.08.